The predicted octanol–water partition coefficient (Wildman–Crippen LogP) is 1.87. The summed E-state index contributed by atoms with van der Waals surface area (Å²) in [5.74, 6) is 2.38. The maximum absolute atomic E-state index is 12.2. The van der Waals surface area contributed by atoms with Gasteiger partial charge in [-0.2, -0.15) is 0 Å². The fraction of sp³-hybridized carbons (Fsp3) is 0.438. The number of fused-ring (bicyclic) bond motifs is 1. The van der Waals surface area contributed by atoms with Crippen LogP contribution in [0.4, 0.5) is 0 Å². The van der Waals surface area contributed by atoms with E-state index in [1.54, 1.807) is 4.90 Å². The fourth-order valence-corrected chi connectivity index (χ4v) is 2.76. The molecule has 0 bridgehead atoms. The molecule has 0 heterocycles. The zero-order valence-electron chi connectivity index (χ0n) is 11.3. The Balaban J connectivity index is 2.19. The van der Waals surface area contributed by atoms with Crippen LogP contribution in [-0.4, -0.2) is 23.9 Å². The summed E-state index contributed by atoms with van der Waals surface area (Å²) in [6.45, 7) is 0. The summed E-state index contributed by atoms with van der Waals surface area (Å²) in [5, 5.41) is 0. The first-order valence-corrected chi connectivity index (χ1v) is 6.68. The summed E-state index contributed by atoms with van der Waals surface area (Å²) in [4.78, 5) is 14.0. The van der Waals surface area contributed by atoms with E-state index in [-0.39, 0.29) is 18.4 Å². The Morgan fingerprint density at radius 2 is 2.32 bits per heavy atom. The molecule has 1 aliphatic carbocycles. The molecule has 0 saturated heterocycles. The van der Waals surface area contributed by atoms with E-state index >= 15 is 0 Å². The molecule has 2 unspecified atom stereocenters. The number of nitrogens with zero attached hydrogens (tertiary/aromatic N) is 1. The van der Waals surface area contributed by atoms with E-state index in [0.29, 0.717) is 0 Å². The lowest BCUT2D eigenvalue weighted by atomic mass is 9.87. The molecule has 2 N–H and O–H groups in total. The summed E-state index contributed by atoms with van der Waals surface area (Å²) in [7, 11) is 1.82. The number of aryl methyl sites for hydroxylation is 1. The molecule has 0 aliphatic heterocycles. The van der Waals surface area contributed by atoms with E-state index < -0.39 is 6.04 Å². The lowest BCUT2D eigenvalue weighted by Crippen LogP contribution is -2.43. The second kappa shape index (κ2) is 5.90. The second-order valence-corrected chi connectivity index (χ2v) is 5.07. The van der Waals surface area contributed by atoms with Gasteiger partial charge in [-0.25, -0.2) is 0 Å². The minimum Gasteiger partial charge on any atom is -0.337 e. The van der Waals surface area contributed by atoms with Gasteiger partial charge in [-0.3, -0.25) is 4.79 Å². The Bertz CT molecular complexity index is 504. The molecule has 0 fully saturated rings. The minimum absolute atomic E-state index is 0.0698. The third-order valence-corrected chi connectivity index (χ3v) is 3.81. The second-order valence-electron chi connectivity index (χ2n) is 5.07. The van der Waals surface area contributed by atoms with Crippen LogP contribution in [0.3, 0.4) is 0 Å². The summed E-state index contributed by atoms with van der Waals surface area (Å²) in [5.41, 5.74) is 8.41. The molecular formula is C16H20N2O. The number of hydrogen-bond donors (Lipinski definition) is 1. The van der Waals surface area contributed by atoms with E-state index in [2.05, 4.69) is 18.1 Å². The zero-order valence-corrected chi connectivity index (χ0v) is 11.3. The molecule has 1 amide bonds. The van der Waals surface area contributed by atoms with Gasteiger partial charge >= 0.3 is 0 Å². The summed E-state index contributed by atoms with van der Waals surface area (Å²) < 4.78 is 0. The number of rotatable bonds is 3. The number of likely N-dealkylation sites (N-methyl/N-ethyl adjacent to an activating group) is 1. The van der Waals surface area contributed by atoms with Gasteiger partial charge in [0.15, 0.2) is 0 Å². The van der Waals surface area contributed by atoms with Gasteiger partial charge < -0.3 is 10.6 Å². The van der Waals surface area contributed by atoms with Crippen molar-refractivity contribution in [2.45, 2.75) is 37.8 Å². The number of benzene rings is 1. The highest BCUT2D eigenvalue weighted by atomic mass is 16.2. The highest BCUT2D eigenvalue weighted by Gasteiger charge is 2.28. The Morgan fingerprint density at radius 3 is 3.05 bits per heavy atom. The fourth-order valence-electron chi connectivity index (χ4n) is 2.76. The summed E-state index contributed by atoms with van der Waals surface area (Å²) >= 11 is 0. The summed E-state index contributed by atoms with van der Waals surface area (Å²) in [6, 6.07) is 7.85. The molecule has 0 saturated carbocycles. The van der Waals surface area contributed by atoms with Crippen LogP contribution in [0, 0.1) is 12.3 Å². The van der Waals surface area contributed by atoms with Crippen molar-refractivity contribution >= 4 is 5.91 Å². The average Bonchev–Trinajstić information content (AvgIpc) is 2.45. The lowest BCUT2D eigenvalue weighted by molar-refractivity contribution is -0.133. The van der Waals surface area contributed by atoms with Crippen molar-refractivity contribution in [2.75, 3.05) is 7.05 Å². The minimum atomic E-state index is -0.593. The van der Waals surface area contributed by atoms with Crippen LogP contribution in [0.15, 0.2) is 24.3 Å². The van der Waals surface area contributed by atoms with E-state index in [0.717, 1.165) is 19.3 Å². The molecule has 0 radical (unpaired) electrons. The van der Waals surface area contributed by atoms with Crippen molar-refractivity contribution in [2.24, 2.45) is 5.73 Å². The van der Waals surface area contributed by atoms with Crippen LogP contribution >= 0.6 is 0 Å². The van der Waals surface area contributed by atoms with E-state index in [4.69, 9.17) is 12.2 Å². The molecule has 0 spiro atoms. The molecule has 1 aromatic carbocycles. The number of nitrogens with two attached hydrogens (primary N) is 1. The van der Waals surface area contributed by atoms with Crippen LogP contribution in [0.25, 0.3) is 0 Å². The van der Waals surface area contributed by atoms with Crippen LogP contribution < -0.4 is 5.73 Å². The lowest BCUT2D eigenvalue weighted by Gasteiger charge is -2.34. The van der Waals surface area contributed by atoms with Gasteiger partial charge in [-0.15, -0.1) is 12.3 Å². The number of carbonyl (C=O) groups is 1. The van der Waals surface area contributed by atoms with Crippen molar-refractivity contribution in [1.82, 2.24) is 4.90 Å². The van der Waals surface area contributed by atoms with Gasteiger partial charge in [0.1, 0.15) is 0 Å². The van der Waals surface area contributed by atoms with Crippen LogP contribution in [0.2, 0.25) is 0 Å². The topological polar surface area (TPSA) is 46.3 Å². The third-order valence-electron chi connectivity index (χ3n) is 3.81. The van der Waals surface area contributed by atoms with Gasteiger partial charge in [0.25, 0.3) is 0 Å². The quantitative estimate of drug-likeness (QED) is 0.839. The maximum Gasteiger partial charge on any atom is 0.240 e. The van der Waals surface area contributed by atoms with Crippen molar-refractivity contribution in [3.05, 3.63) is 35.4 Å². The Kier molecular flexibility index (Phi) is 4.24. The maximum atomic E-state index is 12.2. The number of terminal acetylenes is 1. The number of hydrogen-bond acceptors (Lipinski definition) is 2. The van der Waals surface area contributed by atoms with Crippen molar-refractivity contribution < 1.29 is 4.79 Å². The van der Waals surface area contributed by atoms with E-state index in [1.807, 2.05) is 19.2 Å². The van der Waals surface area contributed by atoms with Gasteiger partial charge in [-0.1, -0.05) is 24.3 Å². The van der Waals surface area contributed by atoms with Gasteiger partial charge in [0.05, 0.1) is 12.1 Å². The van der Waals surface area contributed by atoms with E-state index in [1.165, 1.54) is 11.1 Å². The van der Waals surface area contributed by atoms with Gasteiger partial charge in [-0.05, 0) is 30.4 Å². The number of amides is 1. The summed E-state index contributed by atoms with van der Waals surface area (Å²) in [6.07, 6.45) is 8.69. The Morgan fingerprint density at radius 1 is 1.58 bits per heavy atom. The largest absolute Gasteiger partial charge is 0.337 e. The third kappa shape index (κ3) is 2.80. The Hall–Kier alpha value is -1.79. The first kappa shape index (κ1) is 13.6. The molecule has 3 nitrogen and oxygen atoms in total. The van der Waals surface area contributed by atoms with Crippen molar-refractivity contribution in [1.29, 1.82) is 0 Å². The Labute approximate surface area is 114 Å². The molecule has 0 aromatic heterocycles. The van der Waals surface area contributed by atoms with Gasteiger partial charge in [0.2, 0.25) is 5.91 Å². The first-order valence-electron chi connectivity index (χ1n) is 6.68. The van der Waals surface area contributed by atoms with E-state index in [9.17, 15) is 4.79 Å². The SMILES string of the molecule is C#CCC(N)C(=O)N(C)C1CCCc2ccccc21. The molecule has 3 heteroatoms. The smallest absolute Gasteiger partial charge is 0.240 e. The number of carbonyl (C=O) groups excluding carboxylic acids is 1. The van der Waals surface area contributed by atoms with Crippen molar-refractivity contribution in [3.63, 3.8) is 0 Å². The van der Waals surface area contributed by atoms with Crippen LogP contribution in [0.1, 0.15) is 36.4 Å². The molecule has 1 aromatic rings. The van der Waals surface area contributed by atoms with Crippen molar-refractivity contribution in [3.8, 4) is 12.3 Å². The van der Waals surface area contributed by atoms with Crippen LogP contribution in [-0.2, 0) is 11.2 Å². The monoisotopic (exact) mass is 256 g/mol. The standard InChI is InChI=1S/C16H20N2O/c1-3-7-14(17)16(19)18(2)15-11-6-9-12-8-4-5-10-13(12)15/h1,4-5,8,10,14-15H,6-7,9,11,17H2,2H3. The molecule has 100 valence electrons. The average molecular weight is 256 g/mol. The normalized spacial score (nSPS) is 19.1. The molecular weight excluding hydrogens is 236 g/mol. The predicted molar refractivity (Wildman–Crippen MR) is 76.3 cm³/mol. The first-order chi connectivity index (χ1) is 9.15. The molecule has 2 rings (SSSR count). The highest BCUT2D eigenvalue weighted by Crippen LogP contribution is 2.33. The molecule has 2 atom stereocenters. The zero-order chi connectivity index (χ0) is 13.8. The molecule has 1 aliphatic rings. The van der Waals surface area contributed by atoms with Crippen LogP contribution in [0.5, 0.6) is 0 Å². The molecule has 19 heavy (non-hydrogen) atoms. The highest BCUT2D eigenvalue weighted by molar-refractivity contribution is 5.82. The van der Waals surface area contributed by atoms with Gasteiger partial charge in [0, 0.05) is 13.5 Å².